The summed E-state index contributed by atoms with van der Waals surface area (Å²) >= 11 is 0. The highest BCUT2D eigenvalue weighted by molar-refractivity contribution is 7.89. The third kappa shape index (κ3) is 6.69. The minimum absolute atomic E-state index is 0.0292. The Morgan fingerprint density at radius 2 is 1.63 bits per heavy atom. The Labute approximate surface area is 174 Å². The lowest BCUT2D eigenvalue weighted by molar-refractivity contribution is -0.274. The topological polar surface area (TPSA) is 61.9 Å². The molecule has 0 amide bonds. The predicted molar refractivity (Wildman–Crippen MR) is 106 cm³/mol. The van der Waals surface area contributed by atoms with E-state index in [0.717, 1.165) is 56.0 Å². The van der Waals surface area contributed by atoms with Crippen LogP contribution in [0.4, 0.5) is 13.2 Å². The van der Waals surface area contributed by atoms with Crippen molar-refractivity contribution in [2.45, 2.75) is 24.3 Å². The van der Waals surface area contributed by atoms with Gasteiger partial charge in [0.2, 0.25) is 10.0 Å². The van der Waals surface area contributed by atoms with Crippen LogP contribution in [0.5, 0.6) is 5.75 Å². The molecule has 0 aliphatic carbocycles. The van der Waals surface area contributed by atoms with Crippen LogP contribution in [-0.4, -0.2) is 57.8 Å². The van der Waals surface area contributed by atoms with E-state index in [4.69, 9.17) is 0 Å². The molecule has 164 valence electrons. The molecule has 2 aromatic rings. The molecule has 6 nitrogen and oxygen atoms in total. The number of ether oxygens (including phenoxy) is 1. The van der Waals surface area contributed by atoms with Crippen molar-refractivity contribution in [1.82, 2.24) is 14.5 Å². The molecule has 1 N–H and O–H groups in total. The number of halogens is 3. The molecule has 0 atom stereocenters. The maximum Gasteiger partial charge on any atom is 0.573 e. The lowest BCUT2D eigenvalue weighted by Gasteiger charge is -2.32. The number of likely N-dealkylation sites (N-methyl/N-ethyl adjacent to an activating group) is 1. The van der Waals surface area contributed by atoms with Gasteiger partial charge in [0.05, 0.1) is 4.90 Å². The number of sulfonamides is 1. The van der Waals surface area contributed by atoms with Crippen molar-refractivity contribution in [3.63, 3.8) is 0 Å². The van der Waals surface area contributed by atoms with Crippen LogP contribution in [0.2, 0.25) is 0 Å². The average molecular weight is 443 g/mol. The van der Waals surface area contributed by atoms with Crippen molar-refractivity contribution in [1.29, 1.82) is 0 Å². The van der Waals surface area contributed by atoms with Gasteiger partial charge < -0.3 is 9.64 Å². The fraction of sp³-hybridized carbons (Fsp3) is 0.400. The lowest BCUT2D eigenvalue weighted by Crippen LogP contribution is -2.43. The Morgan fingerprint density at radius 1 is 1.00 bits per heavy atom. The highest BCUT2D eigenvalue weighted by Crippen LogP contribution is 2.25. The monoisotopic (exact) mass is 443 g/mol. The largest absolute Gasteiger partial charge is 0.573 e. The van der Waals surface area contributed by atoms with Crippen LogP contribution >= 0.6 is 0 Å². The summed E-state index contributed by atoms with van der Waals surface area (Å²) < 4.78 is 68.1. The Kier molecular flexibility index (Phi) is 7.02. The van der Waals surface area contributed by atoms with Crippen LogP contribution < -0.4 is 9.46 Å². The number of nitrogens with one attached hydrogen (secondary N) is 1. The Morgan fingerprint density at radius 3 is 2.27 bits per heavy atom. The van der Waals surface area contributed by atoms with E-state index < -0.39 is 22.1 Å². The predicted octanol–water partition coefficient (Wildman–Crippen LogP) is 2.81. The molecule has 2 aromatic carbocycles. The quantitative estimate of drug-likeness (QED) is 0.713. The molecule has 0 saturated carbocycles. The second kappa shape index (κ2) is 9.34. The summed E-state index contributed by atoms with van der Waals surface area (Å²) in [6, 6.07) is 11.9. The van der Waals surface area contributed by atoms with E-state index in [-0.39, 0.29) is 11.4 Å². The number of benzene rings is 2. The third-order valence-electron chi connectivity index (χ3n) is 4.84. The number of rotatable bonds is 7. The lowest BCUT2D eigenvalue weighted by atomic mass is 10.1. The van der Waals surface area contributed by atoms with Crippen molar-refractivity contribution in [3.8, 4) is 5.75 Å². The maximum atomic E-state index is 12.4. The van der Waals surface area contributed by atoms with Crippen molar-refractivity contribution in [3.05, 3.63) is 59.7 Å². The maximum absolute atomic E-state index is 12.4. The molecular weight excluding hydrogens is 419 g/mol. The fourth-order valence-corrected chi connectivity index (χ4v) is 4.18. The highest BCUT2D eigenvalue weighted by Gasteiger charge is 2.31. The van der Waals surface area contributed by atoms with Gasteiger partial charge in [-0.15, -0.1) is 13.2 Å². The minimum atomic E-state index is -4.89. The van der Waals surface area contributed by atoms with Gasteiger partial charge in [-0.1, -0.05) is 30.3 Å². The van der Waals surface area contributed by atoms with Gasteiger partial charge in [-0.3, -0.25) is 4.90 Å². The summed E-state index contributed by atoms with van der Waals surface area (Å²) in [4.78, 5) is 4.36. The van der Waals surface area contributed by atoms with E-state index in [9.17, 15) is 21.6 Å². The van der Waals surface area contributed by atoms with Crippen molar-refractivity contribution < 1.29 is 26.3 Å². The van der Waals surface area contributed by atoms with Gasteiger partial charge in [-0.05, 0) is 30.3 Å². The number of nitrogens with zero attached hydrogens (tertiary/aromatic N) is 2. The van der Waals surface area contributed by atoms with Gasteiger partial charge >= 0.3 is 6.36 Å². The van der Waals surface area contributed by atoms with Crippen LogP contribution in [0.15, 0.2) is 53.4 Å². The van der Waals surface area contributed by atoms with E-state index in [1.165, 1.54) is 12.1 Å². The van der Waals surface area contributed by atoms with Crippen LogP contribution in [0.3, 0.4) is 0 Å². The molecule has 0 unspecified atom stereocenters. The molecule has 0 spiro atoms. The summed E-state index contributed by atoms with van der Waals surface area (Å²) in [5, 5.41) is 0. The van der Waals surface area contributed by atoms with Crippen LogP contribution in [0, 0.1) is 0 Å². The van der Waals surface area contributed by atoms with Gasteiger partial charge in [0.1, 0.15) is 5.75 Å². The summed E-state index contributed by atoms with van der Waals surface area (Å²) in [6.45, 7) is 4.96. The molecule has 3 rings (SSSR count). The molecule has 0 aromatic heterocycles. The number of hydrogen-bond acceptors (Lipinski definition) is 5. The molecule has 1 heterocycles. The van der Waals surface area contributed by atoms with E-state index in [0.29, 0.717) is 0 Å². The molecule has 1 saturated heterocycles. The molecule has 30 heavy (non-hydrogen) atoms. The fourth-order valence-electron chi connectivity index (χ4n) is 3.13. The van der Waals surface area contributed by atoms with Gasteiger partial charge in [-0.25, -0.2) is 13.1 Å². The molecule has 1 aliphatic heterocycles. The molecule has 0 radical (unpaired) electrons. The van der Waals surface area contributed by atoms with Crippen LogP contribution in [-0.2, 0) is 23.1 Å². The van der Waals surface area contributed by atoms with E-state index >= 15 is 0 Å². The second-order valence-electron chi connectivity index (χ2n) is 7.24. The number of alkyl halides is 3. The Hall–Kier alpha value is -2.14. The van der Waals surface area contributed by atoms with Crippen molar-refractivity contribution >= 4 is 10.0 Å². The summed E-state index contributed by atoms with van der Waals surface area (Å²) in [6.07, 6.45) is -4.89. The van der Waals surface area contributed by atoms with Crippen molar-refractivity contribution in [2.24, 2.45) is 0 Å². The second-order valence-corrected chi connectivity index (χ2v) is 9.01. The zero-order valence-electron chi connectivity index (χ0n) is 16.5. The molecule has 1 aliphatic rings. The Balaban J connectivity index is 1.57. The normalized spacial score (nSPS) is 16.5. The average Bonchev–Trinajstić information content (AvgIpc) is 2.68. The first-order chi connectivity index (χ1) is 14.1. The minimum Gasteiger partial charge on any atom is -0.406 e. The van der Waals surface area contributed by atoms with Crippen LogP contribution in [0.25, 0.3) is 0 Å². The standard InChI is InChI=1S/C20H24F3N3O3S/c1-25-9-11-26(12-10-25)15-17-7-5-16(6-8-17)14-24-30(27,28)19-4-2-3-18(13-19)29-20(21,22)23/h2-8,13,24H,9-12,14-15H2,1H3. The smallest absolute Gasteiger partial charge is 0.406 e. The summed E-state index contributed by atoms with van der Waals surface area (Å²) in [5.74, 6) is -0.585. The van der Waals surface area contributed by atoms with Crippen LogP contribution in [0.1, 0.15) is 11.1 Å². The summed E-state index contributed by atoms with van der Waals surface area (Å²) in [7, 11) is -1.88. The molecule has 1 fully saturated rings. The number of hydrogen-bond donors (Lipinski definition) is 1. The highest BCUT2D eigenvalue weighted by atomic mass is 32.2. The Bertz CT molecular complexity index is 942. The SMILES string of the molecule is CN1CCN(Cc2ccc(CNS(=O)(=O)c3cccc(OC(F)(F)F)c3)cc2)CC1. The molecular formula is C20H24F3N3O3S. The first kappa shape index (κ1) is 22.5. The number of piperazine rings is 1. The van der Waals surface area contributed by atoms with E-state index in [2.05, 4.69) is 26.3 Å². The molecule has 10 heteroatoms. The van der Waals surface area contributed by atoms with Crippen molar-refractivity contribution in [2.75, 3.05) is 33.2 Å². The third-order valence-corrected chi connectivity index (χ3v) is 6.24. The van der Waals surface area contributed by atoms with Gasteiger partial charge in [0.15, 0.2) is 0 Å². The van der Waals surface area contributed by atoms with Gasteiger partial charge in [0.25, 0.3) is 0 Å². The summed E-state index contributed by atoms with van der Waals surface area (Å²) in [5.41, 5.74) is 1.89. The van der Waals surface area contributed by atoms with E-state index in [1.807, 2.05) is 24.3 Å². The van der Waals surface area contributed by atoms with Gasteiger partial charge in [0, 0.05) is 45.3 Å². The van der Waals surface area contributed by atoms with Gasteiger partial charge in [-0.2, -0.15) is 0 Å². The molecule has 0 bridgehead atoms. The first-order valence-electron chi connectivity index (χ1n) is 9.45. The first-order valence-corrected chi connectivity index (χ1v) is 10.9. The van der Waals surface area contributed by atoms with E-state index in [1.54, 1.807) is 0 Å². The zero-order valence-corrected chi connectivity index (χ0v) is 17.3. The zero-order chi connectivity index (χ0) is 21.8.